The van der Waals surface area contributed by atoms with E-state index in [1.807, 2.05) is 49.4 Å². The Bertz CT molecular complexity index is 814. The number of hydrogen-bond donors (Lipinski definition) is 2. The van der Waals surface area contributed by atoms with Gasteiger partial charge in [-0.3, -0.25) is 0 Å². The maximum Gasteiger partial charge on any atom is 0.182 e. The lowest BCUT2D eigenvalue weighted by molar-refractivity contribution is 0.281. The number of aliphatic hydroxyl groups excluding tert-OH is 1. The van der Waals surface area contributed by atoms with E-state index in [0.29, 0.717) is 0 Å². The van der Waals surface area contributed by atoms with Gasteiger partial charge in [-0.1, -0.05) is 36.4 Å². The second-order valence-corrected chi connectivity index (χ2v) is 5.67. The first kappa shape index (κ1) is 16.1. The number of tetrazole rings is 1. The Morgan fingerprint density at radius 3 is 2.79 bits per heavy atom. The minimum absolute atomic E-state index is 0.0513. The van der Waals surface area contributed by atoms with E-state index in [4.69, 9.17) is 0 Å². The van der Waals surface area contributed by atoms with Crippen molar-refractivity contribution in [1.29, 1.82) is 0 Å². The Morgan fingerprint density at radius 1 is 1.17 bits per heavy atom. The first-order chi connectivity index (χ1) is 11.7. The van der Waals surface area contributed by atoms with Gasteiger partial charge < -0.3 is 10.4 Å². The zero-order chi connectivity index (χ0) is 16.9. The lowest BCUT2D eigenvalue weighted by Crippen LogP contribution is -2.07. The van der Waals surface area contributed by atoms with Crippen molar-refractivity contribution >= 4 is 5.69 Å². The third-order valence-electron chi connectivity index (χ3n) is 3.97. The average Bonchev–Trinajstić information content (AvgIpc) is 3.11. The van der Waals surface area contributed by atoms with Gasteiger partial charge in [0.1, 0.15) is 0 Å². The van der Waals surface area contributed by atoms with Crippen LogP contribution < -0.4 is 5.32 Å². The Kier molecular flexibility index (Phi) is 4.86. The molecule has 3 rings (SSSR count). The molecule has 0 amide bonds. The summed E-state index contributed by atoms with van der Waals surface area (Å²) in [5, 5.41) is 24.6. The third-order valence-corrected chi connectivity index (χ3v) is 3.97. The lowest BCUT2D eigenvalue weighted by atomic mass is 10.0. The van der Waals surface area contributed by atoms with Crippen LogP contribution in [0.5, 0.6) is 0 Å². The molecule has 124 valence electrons. The number of aromatic nitrogens is 4. The van der Waals surface area contributed by atoms with Crippen LogP contribution in [0, 0.1) is 0 Å². The summed E-state index contributed by atoms with van der Waals surface area (Å²) in [6, 6.07) is 16.1. The monoisotopic (exact) mass is 323 g/mol. The predicted molar refractivity (Wildman–Crippen MR) is 93.3 cm³/mol. The molecule has 3 aromatic rings. The fourth-order valence-electron chi connectivity index (χ4n) is 2.67. The number of nitrogens with zero attached hydrogens (tertiary/aromatic N) is 4. The van der Waals surface area contributed by atoms with Crippen LogP contribution in [0.15, 0.2) is 48.5 Å². The van der Waals surface area contributed by atoms with Crippen molar-refractivity contribution in [2.45, 2.75) is 33.0 Å². The molecule has 6 nitrogen and oxygen atoms in total. The highest BCUT2D eigenvalue weighted by molar-refractivity contribution is 5.62. The molecule has 2 N–H and O–H groups in total. The summed E-state index contributed by atoms with van der Waals surface area (Å²) in [6.07, 6.45) is 0. The molecular weight excluding hydrogens is 302 g/mol. The van der Waals surface area contributed by atoms with Gasteiger partial charge in [-0.15, -0.1) is 5.10 Å². The molecule has 0 saturated carbocycles. The van der Waals surface area contributed by atoms with Crippen LogP contribution in [0.2, 0.25) is 0 Å². The molecule has 1 aromatic heterocycles. The Hall–Kier alpha value is -2.73. The predicted octanol–water partition coefficient (Wildman–Crippen LogP) is 3.03. The summed E-state index contributed by atoms with van der Waals surface area (Å²) in [6.45, 7) is 4.89. The fourth-order valence-corrected chi connectivity index (χ4v) is 2.67. The van der Waals surface area contributed by atoms with Gasteiger partial charge in [0.15, 0.2) is 5.82 Å². The summed E-state index contributed by atoms with van der Waals surface area (Å²) in [5.74, 6) is 0.760. The van der Waals surface area contributed by atoms with Crippen molar-refractivity contribution in [2.75, 3.05) is 5.32 Å². The lowest BCUT2D eigenvalue weighted by Gasteiger charge is -2.17. The molecule has 0 aliphatic carbocycles. The van der Waals surface area contributed by atoms with E-state index in [2.05, 4.69) is 33.8 Å². The topological polar surface area (TPSA) is 75.9 Å². The van der Waals surface area contributed by atoms with Gasteiger partial charge in [-0.25, -0.2) is 4.68 Å². The van der Waals surface area contributed by atoms with E-state index < -0.39 is 0 Å². The molecule has 0 bridgehead atoms. The van der Waals surface area contributed by atoms with Gasteiger partial charge >= 0.3 is 0 Å². The maximum absolute atomic E-state index is 9.28. The van der Waals surface area contributed by atoms with Crippen LogP contribution in [0.1, 0.15) is 31.0 Å². The van der Waals surface area contributed by atoms with Crippen molar-refractivity contribution in [3.63, 3.8) is 0 Å². The zero-order valence-electron chi connectivity index (χ0n) is 13.8. The van der Waals surface area contributed by atoms with Gasteiger partial charge in [0.05, 0.1) is 6.61 Å². The van der Waals surface area contributed by atoms with Crippen LogP contribution >= 0.6 is 0 Å². The molecule has 24 heavy (non-hydrogen) atoms. The number of benzene rings is 2. The molecular formula is C18H21N5O. The number of rotatable bonds is 6. The summed E-state index contributed by atoms with van der Waals surface area (Å²) in [5.41, 5.74) is 4.02. The molecule has 1 heterocycles. The van der Waals surface area contributed by atoms with E-state index in [9.17, 15) is 5.11 Å². The Balaban J connectivity index is 1.81. The number of hydrogen-bond acceptors (Lipinski definition) is 5. The maximum atomic E-state index is 9.28. The summed E-state index contributed by atoms with van der Waals surface area (Å²) < 4.78 is 1.77. The molecule has 0 aliphatic rings. The SMILES string of the molecule is CCn1nnnc1-c1cccc(NC(C)c2cccc(CO)c2)c1. The largest absolute Gasteiger partial charge is 0.392 e. The van der Waals surface area contributed by atoms with Crippen molar-refractivity contribution in [1.82, 2.24) is 20.2 Å². The average molecular weight is 323 g/mol. The van der Waals surface area contributed by atoms with Gasteiger partial charge in [-0.2, -0.15) is 0 Å². The second-order valence-electron chi connectivity index (χ2n) is 5.67. The Labute approximate surface area is 141 Å². The van der Waals surface area contributed by atoms with Gasteiger partial charge in [-0.05, 0) is 47.5 Å². The first-order valence-electron chi connectivity index (χ1n) is 8.04. The van der Waals surface area contributed by atoms with Gasteiger partial charge in [0, 0.05) is 23.8 Å². The van der Waals surface area contributed by atoms with E-state index in [0.717, 1.165) is 34.7 Å². The molecule has 1 atom stereocenters. The molecule has 1 unspecified atom stereocenters. The summed E-state index contributed by atoms with van der Waals surface area (Å²) in [4.78, 5) is 0. The van der Waals surface area contributed by atoms with E-state index in [1.165, 1.54) is 0 Å². The second kappa shape index (κ2) is 7.23. The molecule has 0 saturated heterocycles. The van der Waals surface area contributed by atoms with Crippen LogP contribution in [0.25, 0.3) is 11.4 Å². The van der Waals surface area contributed by atoms with E-state index in [1.54, 1.807) is 4.68 Å². The number of nitrogens with one attached hydrogen (secondary N) is 1. The smallest absolute Gasteiger partial charge is 0.182 e. The van der Waals surface area contributed by atoms with Crippen LogP contribution in [-0.4, -0.2) is 25.3 Å². The standard InChI is InChI=1S/C18H21N5O/c1-3-23-18(20-21-22-23)16-8-5-9-17(11-16)19-13(2)15-7-4-6-14(10-15)12-24/h4-11,13,19,24H,3,12H2,1-2H3. The van der Waals surface area contributed by atoms with E-state index in [-0.39, 0.29) is 12.6 Å². The van der Waals surface area contributed by atoms with E-state index >= 15 is 0 Å². The molecule has 2 aromatic carbocycles. The summed E-state index contributed by atoms with van der Waals surface area (Å²) in [7, 11) is 0. The quantitative estimate of drug-likeness (QED) is 0.729. The first-order valence-corrected chi connectivity index (χ1v) is 8.04. The van der Waals surface area contributed by atoms with Crippen molar-refractivity contribution in [3.05, 3.63) is 59.7 Å². The number of aryl methyl sites for hydroxylation is 1. The highest BCUT2D eigenvalue weighted by atomic mass is 16.3. The summed E-state index contributed by atoms with van der Waals surface area (Å²) >= 11 is 0. The number of aliphatic hydroxyl groups is 1. The normalized spacial score (nSPS) is 12.1. The van der Waals surface area contributed by atoms with Crippen molar-refractivity contribution in [2.24, 2.45) is 0 Å². The number of anilines is 1. The van der Waals surface area contributed by atoms with Crippen molar-refractivity contribution in [3.8, 4) is 11.4 Å². The highest BCUT2D eigenvalue weighted by Gasteiger charge is 2.10. The molecule has 0 fully saturated rings. The van der Waals surface area contributed by atoms with Crippen LogP contribution in [-0.2, 0) is 13.2 Å². The highest BCUT2D eigenvalue weighted by Crippen LogP contribution is 2.24. The van der Waals surface area contributed by atoms with Crippen molar-refractivity contribution < 1.29 is 5.11 Å². The fraction of sp³-hybridized carbons (Fsp3) is 0.278. The molecule has 0 spiro atoms. The third kappa shape index (κ3) is 3.44. The van der Waals surface area contributed by atoms with Crippen LogP contribution in [0.4, 0.5) is 5.69 Å². The molecule has 0 aliphatic heterocycles. The minimum Gasteiger partial charge on any atom is -0.392 e. The zero-order valence-corrected chi connectivity index (χ0v) is 13.8. The molecule has 0 radical (unpaired) electrons. The van der Waals surface area contributed by atoms with Gasteiger partial charge in [0.25, 0.3) is 0 Å². The Morgan fingerprint density at radius 2 is 2.00 bits per heavy atom. The van der Waals surface area contributed by atoms with Gasteiger partial charge in [0.2, 0.25) is 0 Å². The minimum atomic E-state index is 0.0513. The molecule has 6 heteroatoms. The van der Waals surface area contributed by atoms with Crippen LogP contribution in [0.3, 0.4) is 0 Å².